The summed E-state index contributed by atoms with van der Waals surface area (Å²) in [6, 6.07) is 0. The van der Waals surface area contributed by atoms with Crippen LogP contribution < -0.4 is 0 Å². The van der Waals surface area contributed by atoms with Crippen LogP contribution in [0.2, 0.25) is 0 Å². The zero-order chi connectivity index (χ0) is 19.7. The van der Waals surface area contributed by atoms with Crippen molar-refractivity contribution in [2.24, 2.45) is 17.8 Å². The summed E-state index contributed by atoms with van der Waals surface area (Å²) in [6.45, 7) is 8.80. The lowest BCUT2D eigenvalue weighted by Gasteiger charge is -2.36. The zero-order valence-corrected chi connectivity index (χ0v) is 16.6. The zero-order valence-electron chi connectivity index (χ0n) is 16.6. The fourth-order valence-corrected chi connectivity index (χ4v) is 3.21. The highest BCUT2D eigenvalue weighted by Gasteiger charge is 2.35. The predicted octanol–water partition coefficient (Wildman–Crippen LogP) is 3.34. The van der Waals surface area contributed by atoms with E-state index in [1.165, 1.54) is 13.3 Å². The van der Waals surface area contributed by atoms with Gasteiger partial charge in [-0.15, -0.1) is 0 Å². The van der Waals surface area contributed by atoms with Gasteiger partial charge in [-0.2, -0.15) is 4.89 Å². The SMILES string of the molecule is CC(=O)CCC(=O)OC(OOOC(C)C(C)O)C(C)C1CCCCC1C. The minimum absolute atomic E-state index is 0.00701. The van der Waals surface area contributed by atoms with Gasteiger partial charge in [-0.1, -0.05) is 38.1 Å². The maximum absolute atomic E-state index is 12.0. The van der Waals surface area contributed by atoms with Crippen molar-refractivity contribution < 1.29 is 34.2 Å². The maximum atomic E-state index is 12.0. The fraction of sp³-hybridized carbons (Fsp3) is 0.895. The molecule has 0 saturated heterocycles. The van der Waals surface area contributed by atoms with Crippen LogP contribution in [0.5, 0.6) is 0 Å². The third-order valence-electron chi connectivity index (χ3n) is 5.22. The molecule has 0 radical (unpaired) electrons. The Morgan fingerprint density at radius 1 is 1.08 bits per heavy atom. The molecule has 1 fully saturated rings. The quantitative estimate of drug-likeness (QED) is 0.257. The number of ether oxygens (including phenoxy) is 1. The molecule has 152 valence electrons. The third kappa shape index (κ3) is 8.12. The second-order valence-corrected chi connectivity index (χ2v) is 7.55. The average molecular weight is 374 g/mol. The number of hydrogen-bond donors (Lipinski definition) is 1. The lowest BCUT2D eigenvalue weighted by Crippen LogP contribution is -2.37. The molecule has 0 heterocycles. The predicted molar refractivity (Wildman–Crippen MR) is 94.5 cm³/mol. The molecule has 26 heavy (non-hydrogen) atoms. The summed E-state index contributed by atoms with van der Waals surface area (Å²) in [5, 5.41) is 14.2. The number of aliphatic hydroxyl groups excluding tert-OH is 1. The van der Waals surface area contributed by atoms with Crippen LogP contribution in [0.4, 0.5) is 0 Å². The molecule has 0 aromatic rings. The molecule has 1 rings (SSSR count). The molecule has 1 N–H and O–H groups in total. The molecule has 0 bridgehead atoms. The van der Waals surface area contributed by atoms with E-state index in [2.05, 4.69) is 6.92 Å². The highest BCUT2D eigenvalue weighted by atomic mass is 17.5. The van der Waals surface area contributed by atoms with Crippen molar-refractivity contribution in [3.8, 4) is 0 Å². The Bertz CT molecular complexity index is 438. The van der Waals surface area contributed by atoms with Crippen molar-refractivity contribution in [2.45, 2.75) is 91.6 Å². The van der Waals surface area contributed by atoms with Gasteiger partial charge in [0.15, 0.2) is 0 Å². The Labute approximate surface area is 156 Å². The molecule has 0 aliphatic heterocycles. The first-order valence-corrected chi connectivity index (χ1v) is 9.58. The maximum Gasteiger partial charge on any atom is 0.308 e. The molecule has 0 aromatic heterocycles. The van der Waals surface area contributed by atoms with Crippen molar-refractivity contribution in [3.63, 3.8) is 0 Å². The normalized spacial score (nSPS) is 25.2. The van der Waals surface area contributed by atoms with Gasteiger partial charge in [0, 0.05) is 12.3 Å². The summed E-state index contributed by atoms with van der Waals surface area (Å²) in [7, 11) is 0. The van der Waals surface area contributed by atoms with E-state index in [1.807, 2.05) is 6.92 Å². The Balaban J connectivity index is 2.66. The van der Waals surface area contributed by atoms with Crippen LogP contribution in [0, 0.1) is 17.8 Å². The van der Waals surface area contributed by atoms with Crippen LogP contribution in [0.25, 0.3) is 0 Å². The first-order chi connectivity index (χ1) is 12.2. The number of rotatable bonds is 11. The van der Waals surface area contributed by atoms with E-state index >= 15 is 0 Å². The van der Waals surface area contributed by atoms with Gasteiger partial charge in [0.1, 0.15) is 11.9 Å². The lowest BCUT2D eigenvalue weighted by molar-refractivity contribution is -0.562. The van der Waals surface area contributed by atoms with Crippen molar-refractivity contribution >= 4 is 11.8 Å². The minimum Gasteiger partial charge on any atom is -0.432 e. The van der Waals surface area contributed by atoms with E-state index in [4.69, 9.17) is 19.6 Å². The van der Waals surface area contributed by atoms with Crippen LogP contribution >= 0.6 is 0 Å². The average Bonchev–Trinajstić information content (AvgIpc) is 2.58. The number of carbonyl (C=O) groups excluding carboxylic acids is 2. The van der Waals surface area contributed by atoms with Crippen LogP contribution in [0.15, 0.2) is 0 Å². The van der Waals surface area contributed by atoms with Crippen LogP contribution in [0.1, 0.15) is 73.1 Å². The van der Waals surface area contributed by atoms with Gasteiger partial charge in [0.05, 0.1) is 12.5 Å². The van der Waals surface area contributed by atoms with Crippen LogP contribution in [0.3, 0.4) is 0 Å². The minimum atomic E-state index is -0.929. The highest BCUT2D eigenvalue weighted by molar-refractivity contribution is 5.80. The fourth-order valence-electron chi connectivity index (χ4n) is 3.21. The van der Waals surface area contributed by atoms with E-state index in [0.29, 0.717) is 11.8 Å². The van der Waals surface area contributed by atoms with Gasteiger partial charge < -0.3 is 14.6 Å². The molecule has 0 spiro atoms. The van der Waals surface area contributed by atoms with E-state index in [0.717, 1.165) is 19.3 Å². The van der Waals surface area contributed by atoms with Crippen LogP contribution in [-0.2, 0) is 29.1 Å². The van der Waals surface area contributed by atoms with E-state index in [1.54, 1.807) is 13.8 Å². The van der Waals surface area contributed by atoms with E-state index < -0.39 is 24.5 Å². The third-order valence-corrected chi connectivity index (χ3v) is 5.22. The summed E-state index contributed by atoms with van der Waals surface area (Å²) in [5.74, 6) is 0.175. The largest absolute Gasteiger partial charge is 0.432 e. The Morgan fingerprint density at radius 3 is 2.31 bits per heavy atom. The molecule has 0 amide bonds. The molecule has 1 aliphatic rings. The van der Waals surface area contributed by atoms with E-state index in [-0.39, 0.29) is 24.5 Å². The smallest absolute Gasteiger partial charge is 0.308 e. The lowest BCUT2D eigenvalue weighted by atomic mass is 9.73. The van der Waals surface area contributed by atoms with Gasteiger partial charge in [-0.3, -0.25) is 4.79 Å². The molecule has 7 heteroatoms. The Morgan fingerprint density at radius 2 is 1.73 bits per heavy atom. The van der Waals surface area contributed by atoms with E-state index in [9.17, 15) is 14.7 Å². The van der Waals surface area contributed by atoms with Gasteiger partial charge >= 0.3 is 5.97 Å². The monoisotopic (exact) mass is 374 g/mol. The molecule has 1 aliphatic carbocycles. The first-order valence-electron chi connectivity index (χ1n) is 9.58. The molecule has 7 nitrogen and oxygen atoms in total. The summed E-state index contributed by atoms with van der Waals surface area (Å²) >= 11 is 0. The van der Waals surface area contributed by atoms with Gasteiger partial charge in [-0.05, 0) is 39.0 Å². The molecular weight excluding hydrogens is 340 g/mol. The molecule has 6 unspecified atom stereocenters. The molecule has 0 aromatic carbocycles. The number of hydrogen-bond acceptors (Lipinski definition) is 7. The van der Waals surface area contributed by atoms with Crippen molar-refractivity contribution in [3.05, 3.63) is 0 Å². The standard InChI is InChI=1S/C19H34O7/c1-12-8-6-7-9-17(12)14(3)19(23-18(22)11-10-13(2)20)25-26-24-16(5)15(4)21/h12,14-17,19,21H,6-11H2,1-5H3. The molecule has 6 atom stereocenters. The van der Waals surface area contributed by atoms with Gasteiger partial charge in [-0.25, -0.2) is 4.89 Å². The summed E-state index contributed by atoms with van der Waals surface area (Å²) in [6.07, 6.45) is 2.42. The second-order valence-electron chi connectivity index (χ2n) is 7.55. The molecular formula is C19H34O7. The van der Waals surface area contributed by atoms with Gasteiger partial charge in [0.25, 0.3) is 0 Å². The summed E-state index contributed by atoms with van der Waals surface area (Å²) in [4.78, 5) is 33.3. The number of Topliss-reactive ketones (excluding diaryl/α,β-unsaturated/α-hetero) is 1. The van der Waals surface area contributed by atoms with Crippen molar-refractivity contribution in [2.75, 3.05) is 0 Å². The van der Waals surface area contributed by atoms with Crippen molar-refractivity contribution in [1.29, 1.82) is 0 Å². The first kappa shape index (κ1) is 23.0. The van der Waals surface area contributed by atoms with Gasteiger partial charge in [0.2, 0.25) is 6.29 Å². The van der Waals surface area contributed by atoms with Crippen LogP contribution in [-0.4, -0.2) is 35.4 Å². The Kier molecular flexibility index (Phi) is 10.3. The highest BCUT2D eigenvalue weighted by Crippen LogP contribution is 2.37. The second kappa shape index (κ2) is 11.6. The molecule has 1 saturated carbocycles. The number of esters is 1. The number of carbonyl (C=O) groups is 2. The number of aliphatic hydroxyl groups is 1. The topological polar surface area (TPSA) is 91.3 Å². The van der Waals surface area contributed by atoms with Crippen molar-refractivity contribution in [1.82, 2.24) is 0 Å². The summed E-state index contributed by atoms with van der Waals surface area (Å²) in [5.41, 5.74) is 0. The Hall–Kier alpha value is -1.02. The number of ketones is 1. The summed E-state index contributed by atoms with van der Waals surface area (Å²) < 4.78 is 5.43.